The number of carbonyl (C=O) groups is 2. The lowest BCUT2D eigenvalue weighted by atomic mass is 10.1. The number of rotatable bonds is 3. The summed E-state index contributed by atoms with van der Waals surface area (Å²) in [5.41, 5.74) is 1.20. The fourth-order valence-corrected chi connectivity index (χ4v) is 2.32. The van der Waals surface area contributed by atoms with Crippen LogP contribution in [0.15, 0.2) is 36.7 Å². The molecule has 1 aliphatic rings. The lowest BCUT2D eigenvalue weighted by Gasteiger charge is -2.32. The van der Waals surface area contributed by atoms with Crippen LogP contribution in [-0.2, 0) is 9.53 Å². The van der Waals surface area contributed by atoms with Gasteiger partial charge in [0.25, 0.3) is 5.91 Å². The normalized spacial score (nSPS) is 18.2. The Hall–Kier alpha value is -2.74. The molecule has 1 aromatic carbocycles. The zero-order chi connectivity index (χ0) is 15.5. The second-order valence-electron chi connectivity index (χ2n) is 4.82. The minimum atomic E-state index is -1.06. The van der Waals surface area contributed by atoms with Gasteiger partial charge in [0, 0.05) is 12.1 Å². The highest BCUT2D eigenvalue weighted by Crippen LogP contribution is 2.15. The first kappa shape index (κ1) is 14.2. The van der Waals surface area contributed by atoms with Gasteiger partial charge in [-0.2, -0.15) is 0 Å². The summed E-state index contributed by atoms with van der Waals surface area (Å²) in [6.07, 6.45) is 3.25. The molecule has 8 nitrogen and oxygen atoms in total. The summed E-state index contributed by atoms with van der Waals surface area (Å²) in [5.74, 6) is -1.38. The number of hydrogen-bond acceptors (Lipinski definition) is 5. The Morgan fingerprint density at radius 2 is 2.05 bits per heavy atom. The van der Waals surface area contributed by atoms with E-state index in [0.717, 1.165) is 5.69 Å². The molecule has 0 aliphatic carbocycles. The Morgan fingerprint density at radius 1 is 1.27 bits per heavy atom. The molecule has 0 radical (unpaired) electrons. The molecule has 1 amide bonds. The zero-order valence-electron chi connectivity index (χ0n) is 11.6. The highest BCUT2D eigenvalue weighted by Gasteiger charge is 2.33. The van der Waals surface area contributed by atoms with E-state index in [1.165, 1.54) is 4.90 Å². The number of nitrogens with zero attached hydrogens (tertiary/aromatic N) is 4. The number of hydrogen-bond donors (Lipinski definition) is 1. The zero-order valence-corrected chi connectivity index (χ0v) is 11.6. The molecule has 1 atom stereocenters. The van der Waals surface area contributed by atoms with Gasteiger partial charge in [-0.15, -0.1) is 5.10 Å². The third kappa shape index (κ3) is 2.68. The van der Waals surface area contributed by atoms with Crippen molar-refractivity contribution in [3.63, 3.8) is 0 Å². The van der Waals surface area contributed by atoms with E-state index in [-0.39, 0.29) is 19.1 Å². The summed E-state index contributed by atoms with van der Waals surface area (Å²) in [4.78, 5) is 25.0. The minimum absolute atomic E-state index is 0.0120. The maximum absolute atomic E-state index is 12.5. The van der Waals surface area contributed by atoms with E-state index in [9.17, 15) is 14.7 Å². The summed E-state index contributed by atoms with van der Waals surface area (Å²) < 4.78 is 6.71. The van der Waals surface area contributed by atoms with Gasteiger partial charge in [-0.3, -0.25) is 4.79 Å². The maximum atomic E-state index is 12.5. The quantitative estimate of drug-likeness (QED) is 0.869. The molecular formula is C14H14N4O4. The average molecular weight is 302 g/mol. The van der Waals surface area contributed by atoms with Crippen LogP contribution >= 0.6 is 0 Å². The number of carboxylic acid groups (broad SMARTS) is 1. The molecule has 0 bridgehead atoms. The first-order valence-electron chi connectivity index (χ1n) is 6.75. The standard InChI is InChI=1S/C14H14N4O4/c19-13(17-7-8-22-9-12(17)14(20)21)10-1-3-11(4-2-10)18-6-5-15-16-18/h1-6,12H,7-9H2,(H,20,21)/t12-/m0/s1. The lowest BCUT2D eigenvalue weighted by molar-refractivity contribution is -0.147. The van der Waals surface area contributed by atoms with Crippen molar-refractivity contribution in [2.75, 3.05) is 19.8 Å². The highest BCUT2D eigenvalue weighted by molar-refractivity contribution is 5.96. The predicted octanol–water partition coefficient (Wildman–Crippen LogP) is 0.193. The van der Waals surface area contributed by atoms with Crippen LogP contribution in [0.5, 0.6) is 0 Å². The van der Waals surface area contributed by atoms with Gasteiger partial charge in [-0.05, 0) is 24.3 Å². The largest absolute Gasteiger partial charge is 0.480 e. The van der Waals surface area contributed by atoms with Crippen molar-refractivity contribution >= 4 is 11.9 Å². The molecule has 1 aromatic heterocycles. The Balaban J connectivity index is 1.81. The van der Waals surface area contributed by atoms with E-state index in [1.54, 1.807) is 41.3 Å². The van der Waals surface area contributed by atoms with Crippen LogP contribution in [0.2, 0.25) is 0 Å². The SMILES string of the molecule is O=C(O)[C@@H]1COCCN1C(=O)c1ccc(-n2ccnn2)cc1. The van der Waals surface area contributed by atoms with Crippen molar-refractivity contribution in [3.05, 3.63) is 42.2 Å². The molecule has 8 heteroatoms. The molecule has 3 rings (SSSR count). The van der Waals surface area contributed by atoms with Crippen LogP contribution in [0.3, 0.4) is 0 Å². The smallest absolute Gasteiger partial charge is 0.328 e. The van der Waals surface area contributed by atoms with Crippen LogP contribution in [-0.4, -0.2) is 62.7 Å². The number of aliphatic carboxylic acids is 1. The number of carboxylic acids is 1. The third-order valence-electron chi connectivity index (χ3n) is 3.48. The molecule has 2 aromatic rings. The van der Waals surface area contributed by atoms with Crippen molar-refractivity contribution in [2.45, 2.75) is 6.04 Å². The molecule has 1 aliphatic heterocycles. The van der Waals surface area contributed by atoms with Crippen LogP contribution in [0.4, 0.5) is 0 Å². The number of benzene rings is 1. The molecule has 0 saturated carbocycles. The number of morpholine rings is 1. The van der Waals surface area contributed by atoms with Gasteiger partial charge in [-0.1, -0.05) is 5.21 Å². The molecule has 0 spiro atoms. The fourth-order valence-electron chi connectivity index (χ4n) is 2.32. The number of ether oxygens (including phenoxy) is 1. The topological polar surface area (TPSA) is 97.6 Å². The average Bonchev–Trinajstić information content (AvgIpc) is 3.09. The summed E-state index contributed by atoms with van der Waals surface area (Å²) >= 11 is 0. The van der Waals surface area contributed by atoms with E-state index in [4.69, 9.17) is 4.74 Å². The Morgan fingerprint density at radius 3 is 2.68 bits per heavy atom. The number of carbonyl (C=O) groups excluding carboxylic acids is 1. The molecule has 0 unspecified atom stereocenters. The van der Waals surface area contributed by atoms with Crippen LogP contribution in [0.25, 0.3) is 5.69 Å². The number of amides is 1. The monoisotopic (exact) mass is 302 g/mol. The molecular weight excluding hydrogens is 288 g/mol. The van der Waals surface area contributed by atoms with E-state index >= 15 is 0 Å². The Labute approximate surface area is 125 Å². The summed E-state index contributed by atoms with van der Waals surface area (Å²) in [6.45, 7) is 0.616. The van der Waals surface area contributed by atoms with Crippen molar-refractivity contribution in [1.29, 1.82) is 0 Å². The Kier molecular flexibility index (Phi) is 3.84. The fraction of sp³-hybridized carbons (Fsp3) is 0.286. The second kappa shape index (κ2) is 5.94. The van der Waals surface area contributed by atoms with Gasteiger partial charge < -0.3 is 14.7 Å². The van der Waals surface area contributed by atoms with Gasteiger partial charge in [0.2, 0.25) is 0 Å². The predicted molar refractivity (Wildman–Crippen MR) is 74.6 cm³/mol. The summed E-state index contributed by atoms with van der Waals surface area (Å²) in [6, 6.07) is 5.81. The van der Waals surface area contributed by atoms with Gasteiger partial charge in [0.05, 0.1) is 31.3 Å². The molecule has 1 saturated heterocycles. The maximum Gasteiger partial charge on any atom is 0.328 e. The molecule has 114 valence electrons. The van der Waals surface area contributed by atoms with Crippen LogP contribution in [0.1, 0.15) is 10.4 Å². The highest BCUT2D eigenvalue weighted by atomic mass is 16.5. The van der Waals surface area contributed by atoms with E-state index in [0.29, 0.717) is 12.2 Å². The van der Waals surface area contributed by atoms with Gasteiger partial charge >= 0.3 is 5.97 Å². The van der Waals surface area contributed by atoms with E-state index in [2.05, 4.69) is 10.3 Å². The first-order chi connectivity index (χ1) is 10.7. The molecule has 1 fully saturated rings. The number of aromatic nitrogens is 3. The summed E-state index contributed by atoms with van der Waals surface area (Å²) in [7, 11) is 0. The molecule has 22 heavy (non-hydrogen) atoms. The Bertz CT molecular complexity index is 669. The van der Waals surface area contributed by atoms with Crippen molar-refractivity contribution in [2.24, 2.45) is 0 Å². The van der Waals surface area contributed by atoms with E-state index < -0.39 is 12.0 Å². The van der Waals surface area contributed by atoms with Crippen molar-refractivity contribution in [1.82, 2.24) is 19.9 Å². The van der Waals surface area contributed by atoms with Gasteiger partial charge in [0.1, 0.15) is 0 Å². The van der Waals surface area contributed by atoms with E-state index in [1.807, 2.05) is 0 Å². The first-order valence-corrected chi connectivity index (χ1v) is 6.75. The van der Waals surface area contributed by atoms with Crippen LogP contribution < -0.4 is 0 Å². The van der Waals surface area contributed by atoms with Gasteiger partial charge in [0.15, 0.2) is 6.04 Å². The van der Waals surface area contributed by atoms with Crippen molar-refractivity contribution in [3.8, 4) is 5.69 Å². The van der Waals surface area contributed by atoms with Crippen molar-refractivity contribution < 1.29 is 19.4 Å². The summed E-state index contributed by atoms with van der Waals surface area (Å²) in [5, 5.41) is 16.8. The third-order valence-corrected chi connectivity index (χ3v) is 3.48. The molecule has 1 N–H and O–H groups in total. The lowest BCUT2D eigenvalue weighted by Crippen LogP contribution is -2.52. The molecule has 2 heterocycles. The second-order valence-corrected chi connectivity index (χ2v) is 4.82. The van der Waals surface area contributed by atoms with Crippen LogP contribution in [0, 0.1) is 0 Å². The minimum Gasteiger partial charge on any atom is -0.480 e. The van der Waals surface area contributed by atoms with Gasteiger partial charge in [-0.25, -0.2) is 9.48 Å².